The molecule has 3 aromatic rings. The van der Waals surface area contributed by atoms with E-state index in [2.05, 4.69) is 15.8 Å². The van der Waals surface area contributed by atoms with E-state index >= 15 is 0 Å². The number of nitrogens with zero attached hydrogens (tertiary/aromatic N) is 2. The van der Waals surface area contributed by atoms with Crippen molar-refractivity contribution in [3.05, 3.63) is 75.4 Å². The number of hydrogen-bond acceptors (Lipinski definition) is 4. The SMILES string of the molecule is Cc1cc(/C=N\NC(=O)C(=O)NCc2ccco2)c(C)n1-c1cc(Cl)ccc1Cl. The lowest BCUT2D eigenvalue weighted by molar-refractivity contribution is -0.139. The van der Waals surface area contributed by atoms with Crippen LogP contribution in [0.4, 0.5) is 0 Å². The van der Waals surface area contributed by atoms with Gasteiger partial charge in [0.1, 0.15) is 5.76 Å². The Labute approximate surface area is 177 Å². The van der Waals surface area contributed by atoms with Gasteiger partial charge in [-0.2, -0.15) is 5.10 Å². The number of hydrogen-bond donors (Lipinski definition) is 2. The summed E-state index contributed by atoms with van der Waals surface area (Å²) in [6.45, 7) is 3.93. The molecule has 0 aliphatic rings. The molecule has 3 rings (SSSR count). The van der Waals surface area contributed by atoms with Gasteiger partial charge in [-0.15, -0.1) is 0 Å². The number of nitrogens with one attached hydrogen (secondary N) is 2. The predicted molar refractivity (Wildman–Crippen MR) is 112 cm³/mol. The number of aryl methyl sites for hydroxylation is 1. The molecule has 0 unspecified atom stereocenters. The number of rotatable bonds is 5. The molecule has 150 valence electrons. The number of furan rings is 1. The largest absolute Gasteiger partial charge is 0.467 e. The Morgan fingerprint density at radius 2 is 1.97 bits per heavy atom. The minimum atomic E-state index is -0.875. The van der Waals surface area contributed by atoms with Crippen molar-refractivity contribution in [3.8, 4) is 5.69 Å². The summed E-state index contributed by atoms with van der Waals surface area (Å²) in [7, 11) is 0. The molecule has 0 atom stereocenters. The second kappa shape index (κ2) is 8.98. The molecule has 0 bridgehead atoms. The third-order valence-electron chi connectivity index (χ3n) is 4.20. The molecular formula is C20H18Cl2N4O3. The maximum absolute atomic E-state index is 11.8. The van der Waals surface area contributed by atoms with E-state index in [9.17, 15) is 9.59 Å². The zero-order valence-electron chi connectivity index (χ0n) is 15.7. The van der Waals surface area contributed by atoms with Crippen LogP contribution in [0.1, 0.15) is 22.7 Å². The number of amides is 2. The Hall–Kier alpha value is -3.03. The van der Waals surface area contributed by atoms with Crippen molar-refractivity contribution < 1.29 is 14.0 Å². The highest BCUT2D eigenvalue weighted by Crippen LogP contribution is 2.28. The number of carbonyl (C=O) groups is 2. The van der Waals surface area contributed by atoms with Crippen molar-refractivity contribution in [1.82, 2.24) is 15.3 Å². The fourth-order valence-corrected chi connectivity index (χ4v) is 3.19. The first-order valence-corrected chi connectivity index (χ1v) is 9.40. The molecule has 0 saturated carbocycles. The summed E-state index contributed by atoms with van der Waals surface area (Å²) in [4.78, 5) is 23.6. The van der Waals surface area contributed by atoms with Crippen molar-refractivity contribution in [1.29, 1.82) is 0 Å². The van der Waals surface area contributed by atoms with Gasteiger partial charge in [0.15, 0.2) is 0 Å². The second-order valence-electron chi connectivity index (χ2n) is 6.22. The average molecular weight is 433 g/mol. The molecule has 0 radical (unpaired) electrons. The summed E-state index contributed by atoms with van der Waals surface area (Å²) in [5.74, 6) is -1.14. The first kappa shape index (κ1) is 20.7. The molecule has 1 aromatic carbocycles. The topological polar surface area (TPSA) is 88.6 Å². The summed E-state index contributed by atoms with van der Waals surface area (Å²) in [5.41, 5.74) is 5.48. The summed E-state index contributed by atoms with van der Waals surface area (Å²) < 4.78 is 7.02. The third-order valence-corrected chi connectivity index (χ3v) is 4.75. The smallest absolute Gasteiger partial charge is 0.329 e. The monoisotopic (exact) mass is 432 g/mol. The van der Waals surface area contributed by atoms with E-state index in [1.54, 1.807) is 30.3 Å². The summed E-state index contributed by atoms with van der Waals surface area (Å²) in [5, 5.41) is 7.44. The van der Waals surface area contributed by atoms with Gasteiger partial charge in [-0.3, -0.25) is 9.59 Å². The van der Waals surface area contributed by atoms with Crippen LogP contribution in [0.3, 0.4) is 0 Å². The van der Waals surface area contributed by atoms with Gasteiger partial charge >= 0.3 is 11.8 Å². The van der Waals surface area contributed by atoms with Crippen LogP contribution in [-0.2, 0) is 16.1 Å². The van der Waals surface area contributed by atoms with Crippen LogP contribution < -0.4 is 10.7 Å². The molecular weight excluding hydrogens is 415 g/mol. The molecule has 29 heavy (non-hydrogen) atoms. The highest BCUT2D eigenvalue weighted by atomic mass is 35.5. The van der Waals surface area contributed by atoms with Gasteiger partial charge in [0.2, 0.25) is 0 Å². The number of hydrazone groups is 1. The first-order chi connectivity index (χ1) is 13.9. The molecule has 2 heterocycles. The van der Waals surface area contributed by atoms with Crippen molar-refractivity contribution in [2.75, 3.05) is 0 Å². The molecule has 2 aromatic heterocycles. The molecule has 0 fully saturated rings. The lowest BCUT2D eigenvalue weighted by atomic mass is 10.2. The number of carbonyl (C=O) groups excluding carboxylic acids is 2. The van der Waals surface area contributed by atoms with Gasteiger partial charge in [-0.05, 0) is 50.2 Å². The lowest BCUT2D eigenvalue weighted by Gasteiger charge is -2.12. The molecule has 9 heteroatoms. The van der Waals surface area contributed by atoms with E-state index in [-0.39, 0.29) is 6.54 Å². The van der Waals surface area contributed by atoms with Crippen LogP contribution in [0.15, 0.2) is 52.2 Å². The summed E-state index contributed by atoms with van der Waals surface area (Å²) >= 11 is 12.4. The number of halogens is 2. The highest BCUT2D eigenvalue weighted by Gasteiger charge is 2.14. The van der Waals surface area contributed by atoms with Crippen LogP contribution in [0, 0.1) is 13.8 Å². The minimum Gasteiger partial charge on any atom is -0.467 e. The Morgan fingerprint density at radius 3 is 2.69 bits per heavy atom. The van der Waals surface area contributed by atoms with E-state index in [1.165, 1.54) is 12.5 Å². The Kier molecular flexibility index (Phi) is 6.41. The Balaban J connectivity index is 1.67. The lowest BCUT2D eigenvalue weighted by Crippen LogP contribution is -2.37. The maximum Gasteiger partial charge on any atom is 0.329 e. The van der Waals surface area contributed by atoms with Crippen LogP contribution in [0.5, 0.6) is 0 Å². The minimum absolute atomic E-state index is 0.116. The molecule has 0 aliphatic heterocycles. The molecule has 2 amide bonds. The van der Waals surface area contributed by atoms with Gasteiger partial charge in [-0.25, -0.2) is 5.43 Å². The normalized spacial score (nSPS) is 11.0. The van der Waals surface area contributed by atoms with Crippen molar-refractivity contribution in [3.63, 3.8) is 0 Å². The van der Waals surface area contributed by atoms with Gasteiger partial charge in [0.05, 0.1) is 29.7 Å². The number of aromatic nitrogens is 1. The standard InChI is InChI=1S/C20H18Cl2N4O3/c1-12-8-14(13(2)26(12)18-9-15(21)5-6-17(18)22)10-24-25-20(28)19(27)23-11-16-4-3-7-29-16/h3-10H,11H2,1-2H3,(H,23,27)(H,25,28)/b24-10-. The van der Waals surface area contributed by atoms with Gasteiger partial charge in [-0.1, -0.05) is 23.2 Å². The predicted octanol–water partition coefficient (Wildman–Crippen LogP) is 3.76. The zero-order valence-corrected chi connectivity index (χ0v) is 17.2. The van der Waals surface area contributed by atoms with Crippen LogP contribution in [0.2, 0.25) is 10.0 Å². The van der Waals surface area contributed by atoms with E-state index < -0.39 is 11.8 Å². The highest BCUT2D eigenvalue weighted by molar-refractivity contribution is 6.35. The van der Waals surface area contributed by atoms with Crippen LogP contribution >= 0.6 is 23.2 Å². The van der Waals surface area contributed by atoms with Gasteiger partial charge < -0.3 is 14.3 Å². The van der Waals surface area contributed by atoms with Gasteiger partial charge in [0.25, 0.3) is 0 Å². The van der Waals surface area contributed by atoms with Crippen LogP contribution in [-0.4, -0.2) is 22.6 Å². The van der Waals surface area contributed by atoms with Crippen molar-refractivity contribution >= 4 is 41.2 Å². The van der Waals surface area contributed by atoms with E-state index in [0.29, 0.717) is 15.8 Å². The Bertz CT molecular complexity index is 1070. The van der Waals surface area contributed by atoms with Crippen molar-refractivity contribution in [2.24, 2.45) is 5.10 Å². The molecule has 0 saturated heterocycles. The molecule has 2 N–H and O–H groups in total. The third kappa shape index (κ3) is 4.88. The molecule has 7 nitrogen and oxygen atoms in total. The summed E-state index contributed by atoms with van der Waals surface area (Å²) in [6, 6.07) is 10.5. The Morgan fingerprint density at radius 1 is 1.17 bits per heavy atom. The van der Waals surface area contributed by atoms with E-state index in [4.69, 9.17) is 27.6 Å². The van der Waals surface area contributed by atoms with E-state index in [0.717, 1.165) is 22.6 Å². The van der Waals surface area contributed by atoms with Crippen LogP contribution in [0.25, 0.3) is 5.69 Å². The fourth-order valence-electron chi connectivity index (χ4n) is 2.82. The second-order valence-corrected chi connectivity index (χ2v) is 7.06. The van der Waals surface area contributed by atoms with E-state index in [1.807, 2.05) is 24.5 Å². The number of benzene rings is 1. The zero-order chi connectivity index (χ0) is 21.0. The quantitative estimate of drug-likeness (QED) is 0.365. The van der Waals surface area contributed by atoms with Crippen molar-refractivity contribution in [2.45, 2.75) is 20.4 Å². The fraction of sp³-hybridized carbons (Fsp3) is 0.150. The average Bonchev–Trinajstić information content (AvgIpc) is 3.30. The maximum atomic E-state index is 11.8. The summed E-state index contributed by atoms with van der Waals surface area (Å²) in [6.07, 6.45) is 2.95. The molecule has 0 spiro atoms. The first-order valence-electron chi connectivity index (χ1n) is 8.65. The molecule has 0 aliphatic carbocycles. The van der Waals surface area contributed by atoms with Gasteiger partial charge in [0, 0.05) is 22.0 Å².